The lowest BCUT2D eigenvalue weighted by molar-refractivity contribution is 0.0981. The third kappa shape index (κ3) is 1.93. The van der Waals surface area contributed by atoms with E-state index in [0.717, 1.165) is 25.1 Å². The number of benzene rings is 1. The highest BCUT2D eigenvalue weighted by Crippen LogP contribution is 2.29. The van der Waals surface area contributed by atoms with Crippen molar-refractivity contribution in [2.24, 2.45) is 0 Å². The molecule has 1 aliphatic heterocycles. The molecule has 0 saturated heterocycles. The molecular weight excluding hydrogens is 244 g/mol. The van der Waals surface area contributed by atoms with Crippen molar-refractivity contribution in [3.05, 3.63) is 45.9 Å². The average Bonchev–Trinajstić information content (AvgIpc) is 2.90. The van der Waals surface area contributed by atoms with E-state index in [2.05, 4.69) is 24.0 Å². The normalized spacial score (nSPS) is 14.4. The smallest absolute Gasteiger partial charge is 0.277 e. The van der Waals surface area contributed by atoms with Crippen LogP contribution in [-0.2, 0) is 6.42 Å². The summed E-state index contributed by atoms with van der Waals surface area (Å²) < 4.78 is 0. The topological polar surface area (TPSA) is 33.2 Å². The quantitative estimate of drug-likeness (QED) is 0.787. The van der Waals surface area contributed by atoms with Gasteiger partial charge in [0.05, 0.1) is 5.51 Å². The van der Waals surface area contributed by atoms with Crippen LogP contribution in [0.2, 0.25) is 0 Å². The number of carbonyl (C=O) groups is 1. The van der Waals surface area contributed by atoms with Crippen LogP contribution in [0.1, 0.15) is 28.0 Å². The van der Waals surface area contributed by atoms with Crippen molar-refractivity contribution in [2.45, 2.75) is 19.8 Å². The maximum absolute atomic E-state index is 12.4. The number of thiazole rings is 1. The molecule has 3 rings (SSSR count). The second-order valence-corrected chi connectivity index (χ2v) is 5.28. The molecule has 2 aromatic rings. The molecule has 0 fully saturated rings. The molecule has 0 N–H and O–H groups in total. The number of hydrogen-bond donors (Lipinski definition) is 0. The van der Waals surface area contributed by atoms with Crippen molar-refractivity contribution in [1.82, 2.24) is 4.98 Å². The van der Waals surface area contributed by atoms with Crippen LogP contribution in [0.25, 0.3) is 0 Å². The van der Waals surface area contributed by atoms with Gasteiger partial charge in [0.15, 0.2) is 0 Å². The van der Waals surface area contributed by atoms with E-state index < -0.39 is 0 Å². The van der Waals surface area contributed by atoms with Gasteiger partial charge in [0.25, 0.3) is 5.91 Å². The molecule has 0 atom stereocenters. The number of hydrogen-bond acceptors (Lipinski definition) is 3. The third-order valence-electron chi connectivity index (χ3n) is 3.25. The van der Waals surface area contributed by atoms with Gasteiger partial charge in [0.2, 0.25) is 0 Å². The Hall–Kier alpha value is -1.68. The van der Waals surface area contributed by atoms with E-state index in [1.165, 1.54) is 22.5 Å². The Morgan fingerprint density at radius 1 is 1.44 bits per heavy atom. The first-order valence-electron chi connectivity index (χ1n) is 6.05. The number of aromatic nitrogens is 1. The Balaban J connectivity index is 1.99. The summed E-state index contributed by atoms with van der Waals surface area (Å²) in [5.41, 5.74) is 5.81. The Kier molecular flexibility index (Phi) is 2.88. The molecule has 3 nitrogen and oxygen atoms in total. The molecule has 0 radical (unpaired) electrons. The number of carbonyl (C=O) groups excluding carboxylic acids is 1. The molecule has 18 heavy (non-hydrogen) atoms. The second-order valence-electron chi connectivity index (χ2n) is 4.57. The van der Waals surface area contributed by atoms with Crippen LogP contribution in [0.4, 0.5) is 5.69 Å². The summed E-state index contributed by atoms with van der Waals surface area (Å²) in [5.74, 6) is 0.0149. The van der Waals surface area contributed by atoms with E-state index in [1.54, 1.807) is 5.51 Å². The Bertz CT molecular complexity index is 577. The van der Waals surface area contributed by atoms with Gasteiger partial charge in [0.1, 0.15) is 5.69 Å². The van der Waals surface area contributed by atoms with Gasteiger partial charge in [0, 0.05) is 17.6 Å². The summed E-state index contributed by atoms with van der Waals surface area (Å²) >= 11 is 1.46. The van der Waals surface area contributed by atoms with Crippen LogP contribution >= 0.6 is 11.3 Å². The average molecular weight is 258 g/mol. The molecule has 4 heteroatoms. The molecule has 92 valence electrons. The van der Waals surface area contributed by atoms with Crippen molar-refractivity contribution in [1.29, 1.82) is 0 Å². The lowest BCUT2D eigenvalue weighted by Crippen LogP contribution is -2.35. The van der Waals surface area contributed by atoms with Crippen molar-refractivity contribution in [3.63, 3.8) is 0 Å². The number of fused-ring (bicyclic) bond motifs is 1. The second kappa shape index (κ2) is 4.53. The fraction of sp³-hybridized carbons (Fsp3) is 0.286. The van der Waals surface area contributed by atoms with Crippen LogP contribution in [0.5, 0.6) is 0 Å². The van der Waals surface area contributed by atoms with E-state index in [4.69, 9.17) is 0 Å². The maximum atomic E-state index is 12.4. The summed E-state index contributed by atoms with van der Waals surface area (Å²) in [7, 11) is 0. The summed E-state index contributed by atoms with van der Waals surface area (Å²) in [6.07, 6.45) is 2.07. The first-order valence-corrected chi connectivity index (χ1v) is 6.99. The molecule has 0 unspecified atom stereocenters. The van der Waals surface area contributed by atoms with Gasteiger partial charge >= 0.3 is 0 Å². The van der Waals surface area contributed by atoms with Crippen molar-refractivity contribution in [2.75, 3.05) is 11.4 Å². The lowest BCUT2D eigenvalue weighted by atomic mass is 9.99. The number of amides is 1. The standard InChI is InChI=1S/C14H14N2OS/c1-10-4-5-13-11(7-10)3-2-6-16(13)14(17)12-8-18-9-15-12/h4-5,7-9H,2-3,6H2,1H3. The summed E-state index contributed by atoms with van der Waals surface area (Å²) in [6.45, 7) is 2.87. The van der Waals surface area contributed by atoms with E-state index in [9.17, 15) is 4.79 Å². The Labute approximate surface area is 110 Å². The minimum atomic E-state index is 0.0149. The molecular formula is C14H14N2OS. The van der Waals surface area contributed by atoms with E-state index >= 15 is 0 Å². The zero-order chi connectivity index (χ0) is 12.5. The molecule has 0 spiro atoms. The summed E-state index contributed by atoms with van der Waals surface area (Å²) in [4.78, 5) is 18.3. The SMILES string of the molecule is Cc1ccc2c(c1)CCCN2C(=O)c1cscn1. The van der Waals surface area contributed by atoms with E-state index in [-0.39, 0.29) is 5.91 Å². The van der Waals surface area contributed by atoms with Gasteiger partial charge in [-0.25, -0.2) is 4.98 Å². The predicted octanol–water partition coefficient (Wildman–Crippen LogP) is 3.04. The summed E-state index contributed by atoms with van der Waals surface area (Å²) in [5, 5.41) is 1.81. The Morgan fingerprint density at radius 3 is 3.11 bits per heavy atom. The van der Waals surface area contributed by atoms with Crippen molar-refractivity contribution < 1.29 is 4.79 Å². The molecule has 1 amide bonds. The minimum Gasteiger partial charge on any atom is -0.307 e. The molecule has 1 aromatic heterocycles. The monoisotopic (exact) mass is 258 g/mol. The van der Waals surface area contributed by atoms with Crippen molar-refractivity contribution >= 4 is 22.9 Å². The first-order chi connectivity index (χ1) is 8.75. The zero-order valence-corrected chi connectivity index (χ0v) is 11.0. The number of aryl methyl sites for hydroxylation is 2. The fourth-order valence-corrected chi connectivity index (χ4v) is 2.92. The van der Waals surface area contributed by atoms with Gasteiger partial charge in [-0.15, -0.1) is 11.3 Å². The van der Waals surface area contributed by atoms with Gasteiger partial charge in [-0.2, -0.15) is 0 Å². The van der Waals surface area contributed by atoms with Crippen LogP contribution in [0.3, 0.4) is 0 Å². The molecule has 0 aliphatic carbocycles. The largest absolute Gasteiger partial charge is 0.307 e. The van der Waals surface area contributed by atoms with Gasteiger partial charge < -0.3 is 4.90 Å². The third-order valence-corrected chi connectivity index (χ3v) is 3.84. The highest BCUT2D eigenvalue weighted by atomic mass is 32.1. The number of anilines is 1. The highest BCUT2D eigenvalue weighted by Gasteiger charge is 2.24. The van der Waals surface area contributed by atoms with E-state index in [1.807, 2.05) is 16.3 Å². The van der Waals surface area contributed by atoms with Crippen LogP contribution < -0.4 is 4.90 Å². The van der Waals surface area contributed by atoms with Crippen LogP contribution in [0, 0.1) is 6.92 Å². The maximum Gasteiger partial charge on any atom is 0.277 e. The lowest BCUT2D eigenvalue weighted by Gasteiger charge is -2.29. The molecule has 0 bridgehead atoms. The highest BCUT2D eigenvalue weighted by molar-refractivity contribution is 7.07. The minimum absolute atomic E-state index is 0.0149. The van der Waals surface area contributed by atoms with Gasteiger partial charge in [-0.1, -0.05) is 17.7 Å². The molecule has 0 saturated carbocycles. The van der Waals surface area contributed by atoms with E-state index in [0.29, 0.717) is 5.69 Å². The van der Waals surface area contributed by atoms with Crippen LogP contribution in [-0.4, -0.2) is 17.4 Å². The van der Waals surface area contributed by atoms with Crippen molar-refractivity contribution in [3.8, 4) is 0 Å². The fourth-order valence-electron chi connectivity index (χ4n) is 2.39. The molecule has 2 heterocycles. The number of rotatable bonds is 1. The van der Waals surface area contributed by atoms with Crippen LogP contribution in [0.15, 0.2) is 29.1 Å². The number of nitrogens with zero attached hydrogens (tertiary/aromatic N) is 2. The summed E-state index contributed by atoms with van der Waals surface area (Å²) in [6, 6.07) is 6.29. The molecule has 1 aliphatic rings. The molecule has 1 aromatic carbocycles. The van der Waals surface area contributed by atoms with Gasteiger partial charge in [-0.3, -0.25) is 4.79 Å². The zero-order valence-electron chi connectivity index (χ0n) is 10.2. The predicted molar refractivity (Wildman–Crippen MR) is 73.3 cm³/mol. The first kappa shape index (κ1) is 11.4. The Morgan fingerprint density at radius 2 is 2.33 bits per heavy atom. The van der Waals surface area contributed by atoms with Gasteiger partial charge in [-0.05, 0) is 31.4 Å².